The highest BCUT2D eigenvalue weighted by Crippen LogP contribution is 2.33. The van der Waals surface area contributed by atoms with Crippen LogP contribution < -0.4 is 5.46 Å². The Kier molecular flexibility index (Phi) is 6.45. The SMILES string of the molecule is Bc1ccc(C(C)(CCC)CCCCCC)nc1. The third kappa shape index (κ3) is 4.47. The molecule has 0 fully saturated rings. The van der Waals surface area contributed by atoms with E-state index in [-0.39, 0.29) is 5.41 Å². The van der Waals surface area contributed by atoms with Crippen molar-refractivity contribution >= 4 is 13.3 Å². The molecule has 1 atom stereocenters. The van der Waals surface area contributed by atoms with Crippen LogP contribution in [0.25, 0.3) is 0 Å². The maximum atomic E-state index is 4.67. The van der Waals surface area contributed by atoms with Crippen molar-refractivity contribution < 1.29 is 0 Å². The number of rotatable bonds is 8. The smallest absolute Gasteiger partial charge is 0.141 e. The van der Waals surface area contributed by atoms with Gasteiger partial charge in [-0.1, -0.05) is 64.4 Å². The van der Waals surface area contributed by atoms with Gasteiger partial charge in [-0.15, -0.1) is 0 Å². The second-order valence-electron chi connectivity index (χ2n) is 5.84. The topological polar surface area (TPSA) is 12.9 Å². The summed E-state index contributed by atoms with van der Waals surface area (Å²) in [5, 5.41) is 0. The molecule has 100 valence electrons. The lowest BCUT2D eigenvalue weighted by atomic mass is 9.77. The molecule has 0 bridgehead atoms. The molecule has 2 heteroatoms. The van der Waals surface area contributed by atoms with Crippen LogP contribution in [0.1, 0.15) is 71.4 Å². The van der Waals surface area contributed by atoms with Crippen molar-refractivity contribution in [2.75, 3.05) is 0 Å². The summed E-state index contributed by atoms with van der Waals surface area (Å²) in [7, 11) is 2.11. The van der Waals surface area contributed by atoms with Gasteiger partial charge in [0.2, 0.25) is 0 Å². The van der Waals surface area contributed by atoms with E-state index >= 15 is 0 Å². The van der Waals surface area contributed by atoms with Crippen LogP contribution in [-0.2, 0) is 5.41 Å². The number of hydrogen-bond acceptors (Lipinski definition) is 1. The lowest BCUT2D eigenvalue weighted by molar-refractivity contribution is 0.367. The van der Waals surface area contributed by atoms with Gasteiger partial charge in [0.25, 0.3) is 0 Å². The van der Waals surface area contributed by atoms with Gasteiger partial charge in [-0.25, -0.2) is 0 Å². The molecule has 0 amide bonds. The van der Waals surface area contributed by atoms with Crippen molar-refractivity contribution in [2.45, 2.75) is 71.1 Å². The molecule has 0 N–H and O–H groups in total. The van der Waals surface area contributed by atoms with E-state index in [1.54, 1.807) is 0 Å². The zero-order chi connectivity index (χ0) is 13.4. The molecule has 1 rings (SSSR count). The summed E-state index contributed by atoms with van der Waals surface area (Å²) in [6, 6.07) is 4.42. The van der Waals surface area contributed by atoms with Gasteiger partial charge in [0.1, 0.15) is 7.85 Å². The van der Waals surface area contributed by atoms with Gasteiger partial charge in [-0.05, 0) is 18.9 Å². The van der Waals surface area contributed by atoms with Gasteiger partial charge < -0.3 is 0 Å². The van der Waals surface area contributed by atoms with Gasteiger partial charge in [-0.3, -0.25) is 4.98 Å². The van der Waals surface area contributed by atoms with Crippen LogP contribution in [0, 0.1) is 0 Å². The second-order valence-corrected chi connectivity index (χ2v) is 5.84. The molecule has 1 aromatic heterocycles. The zero-order valence-electron chi connectivity index (χ0n) is 12.6. The zero-order valence-corrected chi connectivity index (χ0v) is 12.6. The van der Waals surface area contributed by atoms with Crippen molar-refractivity contribution in [1.29, 1.82) is 0 Å². The monoisotopic (exact) mass is 245 g/mol. The van der Waals surface area contributed by atoms with Gasteiger partial charge in [0.15, 0.2) is 0 Å². The maximum Gasteiger partial charge on any atom is 0.141 e. The predicted molar refractivity (Wildman–Crippen MR) is 83.4 cm³/mol. The Balaban J connectivity index is 2.69. The Morgan fingerprint density at radius 1 is 1.06 bits per heavy atom. The minimum Gasteiger partial charge on any atom is -0.261 e. The van der Waals surface area contributed by atoms with Gasteiger partial charge in [0, 0.05) is 17.3 Å². The molecule has 0 aliphatic carbocycles. The second kappa shape index (κ2) is 7.61. The summed E-state index contributed by atoms with van der Waals surface area (Å²) in [6.07, 6.45) is 11.1. The number of nitrogens with zero attached hydrogens (tertiary/aromatic N) is 1. The minimum absolute atomic E-state index is 0.274. The fourth-order valence-electron chi connectivity index (χ4n) is 2.70. The molecule has 0 saturated carbocycles. The van der Waals surface area contributed by atoms with E-state index in [0.717, 1.165) is 0 Å². The Bertz CT molecular complexity index is 333. The molecule has 0 saturated heterocycles. The van der Waals surface area contributed by atoms with Crippen molar-refractivity contribution in [2.24, 2.45) is 0 Å². The Morgan fingerprint density at radius 2 is 1.83 bits per heavy atom. The Morgan fingerprint density at radius 3 is 2.39 bits per heavy atom. The van der Waals surface area contributed by atoms with Gasteiger partial charge in [-0.2, -0.15) is 0 Å². The maximum absolute atomic E-state index is 4.67. The molecule has 1 heterocycles. The summed E-state index contributed by atoms with van der Waals surface area (Å²) in [5.74, 6) is 0. The summed E-state index contributed by atoms with van der Waals surface area (Å²) < 4.78 is 0. The fourth-order valence-corrected chi connectivity index (χ4v) is 2.70. The van der Waals surface area contributed by atoms with E-state index in [0.29, 0.717) is 0 Å². The van der Waals surface area contributed by atoms with Crippen molar-refractivity contribution in [3.8, 4) is 0 Å². The molecular formula is C16H28BN. The van der Waals surface area contributed by atoms with Crippen LogP contribution in [0.2, 0.25) is 0 Å². The van der Waals surface area contributed by atoms with Crippen molar-refractivity contribution in [1.82, 2.24) is 4.98 Å². The number of aromatic nitrogens is 1. The molecule has 0 radical (unpaired) electrons. The summed E-state index contributed by atoms with van der Waals surface area (Å²) >= 11 is 0. The average molecular weight is 245 g/mol. The first-order chi connectivity index (χ1) is 8.62. The summed E-state index contributed by atoms with van der Waals surface area (Å²) in [5.41, 5.74) is 2.81. The van der Waals surface area contributed by atoms with Crippen LogP contribution >= 0.6 is 0 Å². The molecule has 18 heavy (non-hydrogen) atoms. The molecule has 1 unspecified atom stereocenters. The third-order valence-electron chi connectivity index (χ3n) is 3.91. The van der Waals surface area contributed by atoms with E-state index < -0.39 is 0 Å². The molecule has 0 aromatic carbocycles. The number of pyridine rings is 1. The largest absolute Gasteiger partial charge is 0.261 e. The molecule has 1 aromatic rings. The molecule has 0 aliphatic rings. The number of unbranched alkanes of at least 4 members (excludes halogenated alkanes) is 3. The van der Waals surface area contributed by atoms with Crippen LogP contribution in [0.5, 0.6) is 0 Å². The lowest BCUT2D eigenvalue weighted by Gasteiger charge is -2.29. The van der Waals surface area contributed by atoms with Crippen LogP contribution in [-0.4, -0.2) is 12.8 Å². The average Bonchev–Trinajstić information content (AvgIpc) is 2.36. The van der Waals surface area contributed by atoms with Crippen LogP contribution in [0.4, 0.5) is 0 Å². The van der Waals surface area contributed by atoms with Gasteiger partial charge in [0.05, 0.1) is 0 Å². The Hall–Kier alpha value is -0.785. The predicted octanol–water partition coefficient (Wildman–Crippen LogP) is 3.37. The highest BCUT2D eigenvalue weighted by molar-refractivity contribution is 6.32. The Labute approximate surface area is 114 Å². The first-order valence-electron chi connectivity index (χ1n) is 7.55. The van der Waals surface area contributed by atoms with Crippen molar-refractivity contribution in [3.63, 3.8) is 0 Å². The van der Waals surface area contributed by atoms with E-state index in [2.05, 4.69) is 45.7 Å². The van der Waals surface area contributed by atoms with Gasteiger partial charge >= 0.3 is 0 Å². The fraction of sp³-hybridized carbons (Fsp3) is 0.688. The molecule has 1 nitrogen and oxygen atoms in total. The standard InChI is InChI=1S/C16H28BN/c1-4-6-7-8-12-16(3,11-5-2)15-10-9-14(17)13-18-15/h9-10,13H,4-8,11-12,17H2,1-3H3. The first kappa shape index (κ1) is 15.3. The molecule has 0 spiro atoms. The number of hydrogen-bond donors (Lipinski definition) is 0. The van der Waals surface area contributed by atoms with Crippen LogP contribution in [0.3, 0.4) is 0 Å². The lowest BCUT2D eigenvalue weighted by Crippen LogP contribution is -2.24. The van der Waals surface area contributed by atoms with Crippen LogP contribution in [0.15, 0.2) is 18.3 Å². The molecule has 0 aliphatic heterocycles. The highest BCUT2D eigenvalue weighted by Gasteiger charge is 2.26. The van der Waals surface area contributed by atoms with Crippen molar-refractivity contribution in [3.05, 3.63) is 24.0 Å². The van der Waals surface area contributed by atoms with E-state index in [1.165, 1.54) is 56.1 Å². The normalized spacial score (nSPS) is 14.4. The first-order valence-corrected chi connectivity index (χ1v) is 7.55. The van der Waals surface area contributed by atoms with E-state index in [9.17, 15) is 0 Å². The third-order valence-corrected chi connectivity index (χ3v) is 3.91. The minimum atomic E-state index is 0.274. The summed E-state index contributed by atoms with van der Waals surface area (Å²) in [4.78, 5) is 4.67. The molecular weight excluding hydrogens is 217 g/mol. The highest BCUT2D eigenvalue weighted by atomic mass is 14.7. The van der Waals surface area contributed by atoms with E-state index in [4.69, 9.17) is 0 Å². The van der Waals surface area contributed by atoms with E-state index in [1.807, 2.05) is 6.20 Å². The quantitative estimate of drug-likeness (QED) is 0.505. The summed E-state index contributed by atoms with van der Waals surface area (Å²) in [6.45, 7) is 6.94.